The molecule has 1 amide bonds. The number of ether oxygens (including phenoxy) is 1. The minimum atomic E-state index is -0.0420. The van der Waals surface area contributed by atoms with Crippen LogP contribution in [-0.4, -0.2) is 25.6 Å². The van der Waals surface area contributed by atoms with Crippen LogP contribution >= 0.6 is 0 Å². The van der Waals surface area contributed by atoms with Crippen LogP contribution in [0.1, 0.15) is 26.7 Å². The van der Waals surface area contributed by atoms with Crippen molar-refractivity contribution < 1.29 is 9.53 Å². The molecule has 0 aromatic heterocycles. The Balaban J connectivity index is 2.29. The van der Waals surface area contributed by atoms with E-state index in [0.717, 1.165) is 30.2 Å². The van der Waals surface area contributed by atoms with Crippen molar-refractivity contribution in [2.45, 2.75) is 26.7 Å². The Morgan fingerprint density at radius 1 is 1.39 bits per heavy atom. The van der Waals surface area contributed by atoms with E-state index < -0.39 is 0 Å². The summed E-state index contributed by atoms with van der Waals surface area (Å²) in [6.45, 7) is 6.24. The molecule has 0 spiro atoms. The van der Waals surface area contributed by atoms with E-state index in [0.29, 0.717) is 6.61 Å². The van der Waals surface area contributed by atoms with Gasteiger partial charge in [-0.2, -0.15) is 0 Å². The third kappa shape index (κ3) is 2.94. The lowest BCUT2D eigenvalue weighted by atomic mass is 10.2. The van der Waals surface area contributed by atoms with Crippen LogP contribution in [0, 0.1) is 0 Å². The molecular formula is C14H20N2O2. The van der Waals surface area contributed by atoms with E-state index in [4.69, 9.17) is 4.74 Å². The average Bonchev–Trinajstić information content (AvgIpc) is 2.84. The molecule has 1 aliphatic heterocycles. The fourth-order valence-electron chi connectivity index (χ4n) is 2.28. The smallest absolute Gasteiger partial charge is 0.221 e. The average molecular weight is 248 g/mol. The number of hydrogen-bond acceptors (Lipinski definition) is 3. The number of nitrogens with one attached hydrogen (secondary N) is 1. The monoisotopic (exact) mass is 248 g/mol. The molecule has 0 unspecified atom stereocenters. The second kappa shape index (κ2) is 5.76. The molecule has 1 heterocycles. The van der Waals surface area contributed by atoms with Crippen molar-refractivity contribution in [1.29, 1.82) is 0 Å². The van der Waals surface area contributed by atoms with Gasteiger partial charge in [0.2, 0.25) is 5.91 Å². The highest BCUT2D eigenvalue weighted by Gasteiger charge is 2.17. The molecular weight excluding hydrogens is 228 g/mol. The first-order chi connectivity index (χ1) is 8.70. The predicted octanol–water partition coefficient (Wildman–Crippen LogP) is 2.64. The summed E-state index contributed by atoms with van der Waals surface area (Å²) in [6.07, 6.45) is 2.41. The van der Waals surface area contributed by atoms with Gasteiger partial charge in [-0.05, 0) is 31.9 Å². The lowest BCUT2D eigenvalue weighted by Gasteiger charge is -2.22. The van der Waals surface area contributed by atoms with E-state index in [1.807, 2.05) is 25.1 Å². The highest BCUT2D eigenvalue weighted by molar-refractivity contribution is 5.93. The highest BCUT2D eigenvalue weighted by Crippen LogP contribution is 2.32. The van der Waals surface area contributed by atoms with Gasteiger partial charge in [0.15, 0.2) is 0 Å². The summed E-state index contributed by atoms with van der Waals surface area (Å²) in [4.78, 5) is 13.5. The summed E-state index contributed by atoms with van der Waals surface area (Å²) in [5.74, 6) is 0.813. The van der Waals surface area contributed by atoms with Gasteiger partial charge in [0.05, 0.1) is 18.0 Å². The fraction of sp³-hybridized carbons (Fsp3) is 0.500. The third-order valence-corrected chi connectivity index (χ3v) is 3.04. The SMILES string of the molecule is CCOc1ccc(NC(C)=O)c(N2CCCC2)c1. The largest absolute Gasteiger partial charge is 0.494 e. The molecule has 2 rings (SSSR count). The molecule has 1 aromatic rings. The maximum Gasteiger partial charge on any atom is 0.221 e. The number of carbonyl (C=O) groups is 1. The topological polar surface area (TPSA) is 41.6 Å². The van der Waals surface area contributed by atoms with E-state index in [2.05, 4.69) is 10.2 Å². The van der Waals surface area contributed by atoms with Crippen molar-refractivity contribution in [3.63, 3.8) is 0 Å². The second-order valence-electron chi connectivity index (χ2n) is 4.49. The molecule has 1 N–H and O–H groups in total. The van der Waals surface area contributed by atoms with Crippen molar-refractivity contribution >= 4 is 17.3 Å². The number of benzene rings is 1. The molecule has 98 valence electrons. The standard InChI is InChI=1S/C14H20N2O2/c1-3-18-12-6-7-13(15-11(2)17)14(10-12)16-8-4-5-9-16/h6-7,10H,3-5,8-9H2,1-2H3,(H,15,17). The lowest BCUT2D eigenvalue weighted by Crippen LogP contribution is -2.20. The van der Waals surface area contributed by atoms with Crippen LogP contribution in [0.15, 0.2) is 18.2 Å². The zero-order valence-electron chi connectivity index (χ0n) is 11.0. The summed E-state index contributed by atoms with van der Waals surface area (Å²) in [5, 5.41) is 2.88. The molecule has 1 aliphatic rings. The van der Waals surface area contributed by atoms with Crippen LogP contribution < -0.4 is 15.0 Å². The highest BCUT2D eigenvalue weighted by atomic mass is 16.5. The van der Waals surface area contributed by atoms with Crippen LogP contribution in [0.2, 0.25) is 0 Å². The summed E-state index contributed by atoms with van der Waals surface area (Å²) < 4.78 is 5.53. The minimum absolute atomic E-state index is 0.0420. The van der Waals surface area contributed by atoms with Gasteiger partial charge in [0.1, 0.15) is 5.75 Å². The molecule has 4 nitrogen and oxygen atoms in total. The number of carbonyl (C=O) groups excluding carboxylic acids is 1. The minimum Gasteiger partial charge on any atom is -0.494 e. The number of amides is 1. The van der Waals surface area contributed by atoms with Crippen molar-refractivity contribution in [2.75, 3.05) is 29.9 Å². The lowest BCUT2D eigenvalue weighted by molar-refractivity contribution is -0.114. The predicted molar refractivity (Wildman–Crippen MR) is 73.4 cm³/mol. The van der Waals surface area contributed by atoms with Crippen molar-refractivity contribution in [1.82, 2.24) is 0 Å². The van der Waals surface area contributed by atoms with E-state index >= 15 is 0 Å². The van der Waals surface area contributed by atoms with Gasteiger partial charge in [0, 0.05) is 26.1 Å². The van der Waals surface area contributed by atoms with Gasteiger partial charge in [0.25, 0.3) is 0 Å². The maximum atomic E-state index is 11.2. The van der Waals surface area contributed by atoms with E-state index in [1.165, 1.54) is 19.8 Å². The maximum absolute atomic E-state index is 11.2. The van der Waals surface area contributed by atoms with Gasteiger partial charge in [-0.15, -0.1) is 0 Å². The normalized spacial score (nSPS) is 14.7. The molecule has 4 heteroatoms. The summed E-state index contributed by atoms with van der Waals surface area (Å²) in [7, 11) is 0. The van der Waals surface area contributed by atoms with E-state index in [9.17, 15) is 4.79 Å². The van der Waals surface area contributed by atoms with Gasteiger partial charge in [-0.1, -0.05) is 0 Å². The molecule has 0 bridgehead atoms. The van der Waals surface area contributed by atoms with Gasteiger partial charge in [-0.25, -0.2) is 0 Å². The Morgan fingerprint density at radius 2 is 2.11 bits per heavy atom. The molecule has 18 heavy (non-hydrogen) atoms. The number of anilines is 2. The zero-order chi connectivity index (χ0) is 13.0. The van der Waals surface area contributed by atoms with E-state index in [-0.39, 0.29) is 5.91 Å². The first-order valence-electron chi connectivity index (χ1n) is 6.50. The quantitative estimate of drug-likeness (QED) is 0.890. The molecule has 0 atom stereocenters. The summed E-state index contributed by atoms with van der Waals surface area (Å²) >= 11 is 0. The molecule has 1 aromatic carbocycles. The number of hydrogen-bond donors (Lipinski definition) is 1. The van der Waals surface area contributed by atoms with E-state index in [1.54, 1.807) is 0 Å². The van der Waals surface area contributed by atoms with Gasteiger partial charge in [-0.3, -0.25) is 4.79 Å². The molecule has 0 aliphatic carbocycles. The van der Waals surface area contributed by atoms with Crippen LogP contribution in [-0.2, 0) is 4.79 Å². The number of rotatable bonds is 4. The first-order valence-corrected chi connectivity index (χ1v) is 6.50. The molecule has 1 saturated heterocycles. The third-order valence-electron chi connectivity index (χ3n) is 3.04. The Labute approximate surface area is 108 Å². The number of nitrogens with zero attached hydrogens (tertiary/aromatic N) is 1. The Kier molecular flexibility index (Phi) is 4.07. The Morgan fingerprint density at radius 3 is 2.72 bits per heavy atom. The van der Waals surface area contributed by atoms with Crippen LogP contribution in [0.3, 0.4) is 0 Å². The zero-order valence-corrected chi connectivity index (χ0v) is 11.0. The molecule has 1 fully saturated rings. The fourth-order valence-corrected chi connectivity index (χ4v) is 2.28. The Hall–Kier alpha value is -1.71. The summed E-state index contributed by atoms with van der Waals surface area (Å²) in [5.41, 5.74) is 1.93. The van der Waals surface area contributed by atoms with Gasteiger partial charge >= 0.3 is 0 Å². The van der Waals surface area contributed by atoms with Gasteiger partial charge < -0.3 is 15.0 Å². The van der Waals surface area contributed by atoms with Crippen molar-refractivity contribution in [3.05, 3.63) is 18.2 Å². The van der Waals surface area contributed by atoms with Crippen LogP contribution in [0.4, 0.5) is 11.4 Å². The Bertz CT molecular complexity index is 426. The molecule has 0 radical (unpaired) electrons. The van der Waals surface area contributed by atoms with Crippen LogP contribution in [0.25, 0.3) is 0 Å². The van der Waals surface area contributed by atoms with Crippen molar-refractivity contribution in [2.24, 2.45) is 0 Å². The van der Waals surface area contributed by atoms with Crippen molar-refractivity contribution in [3.8, 4) is 5.75 Å². The second-order valence-corrected chi connectivity index (χ2v) is 4.49. The summed E-state index contributed by atoms with van der Waals surface area (Å²) in [6, 6.07) is 5.83. The van der Waals surface area contributed by atoms with Crippen LogP contribution in [0.5, 0.6) is 5.75 Å². The first kappa shape index (κ1) is 12.7. The molecule has 0 saturated carbocycles.